The molecule has 2 aliphatic carbocycles. The summed E-state index contributed by atoms with van der Waals surface area (Å²) in [6, 6.07) is 13.3. The maximum absolute atomic E-state index is 12.7. The average Bonchev–Trinajstić information content (AvgIpc) is 3.56. The molecule has 2 aromatic heterocycles. The molecule has 2 aromatic carbocycles. The molecule has 0 bridgehead atoms. The van der Waals surface area contributed by atoms with E-state index in [9.17, 15) is 9.59 Å². The second kappa shape index (κ2) is 7.81. The van der Waals surface area contributed by atoms with E-state index in [0.717, 1.165) is 58.1 Å². The predicted octanol–water partition coefficient (Wildman–Crippen LogP) is 5.38. The maximum Gasteiger partial charge on any atom is 0.261 e. The lowest BCUT2D eigenvalue weighted by Gasteiger charge is -2.37. The van der Waals surface area contributed by atoms with Crippen LogP contribution in [-0.2, 0) is 0 Å². The second-order valence-corrected chi connectivity index (χ2v) is 10.7. The third-order valence-electron chi connectivity index (χ3n) is 7.41. The Balaban J connectivity index is 1.10. The van der Waals surface area contributed by atoms with Crippen LogP contribution in [0.5, 0.6) is 0 Å². The zero-order valence-corrected chi connectivity index (χ0v) is 20.5. The molecule has 0 unspecified atom stereocenters. The molecule has 174 valence electrons. The second-order valence-electron chi connectivity index (χ2n) is 9.83. The highest BCUT2D eigenvalue weighted by atomic mass is 79.9. The summed E-state index contributed by atoms with van der Waals surface area (Å²) in [7, 11) is 0. The first-order chi connectivity index (χ1) is 17.0. The van der Waals surface area contributed by atoms with Crippen molar-refractivity contribution in [2.24, 2.45) is 5.92 Å². The zero-order valence-electron chi connectivity index (χ0n) is 18.9. The van der Waals surface area contributed by atoms with Crippen molar-refractivity contribution in [1.82, 2.24) is 24.6 Å². The monoisotopic (exact) mass is 527 g/mol. The third-order valence-corrected chi connectivity index (χ3v) is 7.90. The number of amides is 2. The fraction of sp³-hybridized carbons (Fsp3) is 0.296. The Hall–Kier alpha value is -3.39. The SMILES string of the molecule is O=C1c2ccccc2C(=O)N1CC1CC(n2cc(-c3cnc4cc(Br)ccc4n3)c(C3CC3)n2)C1. The summed E-state index contributed by atoms with van der Waals surface area (Å²) in [5, 5.41) is 4.99. The van der Waals surface area contributed by atoms with Crippen molar-refractivity contribution < 1.29 is 9.59 Å². The fourth-order valence-corrected chi connectivity index (χ4v) is 5.64. The van der Waals surface area contributed by atoms with Gasteiger partial charge in [0.1, 0.15) is 0 Å². The van der Waals surface area contributed by atoms with Crippen molar-refractivity contribution in [3.05, 3.63) is 76.2 Å². The molecule has 7 rings (SSSR count). The predicted molar refractivity (Wildman–Crippen MR) is 134 cm³/mol. The molecular weight excluding hydrogens is 506 g/mol. The summed E-state index contributed by atoms with van der Waals surface area (Å²) < 4.78 is 3.06. The first-order valence-electron chi connectivity index (χ1n) is 12.0. The maximum atomic E-state index is 12.7. The first kappa shape index (κ1) is 20.9. The van der Waals surface area contributed by atoms with Crippen LogP contribution in [0.4, 0.5) is 0 Å². The van der Waals surface area contributed by atoms with E-state index in [0.29, 0.717) is 23.6 Å². The van der Waals surface area contributed by atoms with Crippen LogP contribution in [0.1, 0.15) is 64.1 Å². The number of hydrogen-bond acceptors (Lipinski definition) is 5. The normalized spacial score (nSPS) is 21.5. The largest absolute Gasteiger partial charge is 0.274 e. The number of nitrogens with zero attached hydrogens (tertiary/aromatic N) is 5. The molecule has 0 saturated heterocycles. The van der Waals surface area contributed by atoms with Gasteiger partial charge in [0.2, 0.25) is 0 Å². The van der Waals surface area contributed by atoms with Crippen molar-refractivity contribution in [3.63, 3.8) is 0 Å². The van der Waals surface area contributed by atoms with Crippen LogP contribution in [0.15, 0.2) is 59.3 Å². The van der Waals surface area contributed by atoms with Gasteiger partial charge < -0.3 is 0 Å². The highest BCUT2D eigenvalue weighted by Gasteiger charge is 2.41. The van der Waals surface area contributed by atoms with Crippen molar-refractivity contribution in [1.29, 1.82) is 0 Å². The number of halogens is 1. The summed E-state index contributed by atoms with van der Waals surface area (Å²) in [4.78, 5) is 36.3. The number of rotatable bonds is 5. The third kappa shape index (κ3) is 3.50. The molecule has 2 amide bonds. The molecule has 3 aliphatic rings. The Morgan fingerprint density at radius 1 is 0.943 bits per heavy atom. The molecule has 35 heavy (non-hydrogen) atoms. The van der Waals surface area contributed by atoms with Crippen LogP contribution in [0.3, 0.4) is 0 Å². The van der Waals surface area contributed by atoms with E-state index in [2.05, 4.69) is 31.8 Å². The van der Waals surface area contributed by atoms with Gasteiger partial charge in [-0.2, -0.15) is 5.10 Å². The molecule has 0 spiro atoms. The van der Waals surface area contributed by atoms with Gasteiger partial charge in [0.25, 0.3) is 11.8 Å². The molecule has 3 heterocycles. The van der Waals surface area contributed by atoms with E-state index in [1.807, 2.05) is 24.4 Å². The molecule has 7 nitrogen and oxygen atoms in total. The Morgan fingerprint density at radius 2 is 1.69 bits per heavy atom. The summed E-state index contributed by atoms with van der Waals surface area (Å²) in [5.41, 5.74) is 5.79. The van der Waals surface area contributed by atoms with Crippen LogP contribution in [0.25, 0.3) is 22.3 Å². The zero-order chi connectivity index (χ0) is 23.7. The van der Waals surface area contributed by atoms with Crippen molar-refractivity contribution in [2.45, 2.75) is 37.6 Å². The fourth-order valence-electron chi connectivity index (χ4n) is 5.29. The molecule has 1 aliphatic heterocycles. The van der Waals surface area contributed by atoms with E-state index < -0.39 is 0 Å². The molecule has 2 fully saturated rings. The molecule has 0 atom stereocenters. The number of benzene rings is 2. The number of hydrogen-bond donors (Lipinski definition) is 0. The van der Waals surface area contributed by atoms with Crippen molar-refractivity contribution in [2.75, 3.05) is 6.54 Å². The van der Waals surface area contributed by atoms with Crippen LogP contribution in [0, 0.1) is 5.92 Å². The molecule has 8 heteroatoms. The van der Waals surface area contributed by atoms with Gasteiger partial charge >= 0.3 is 0 Å². The van der Waals surface area contributed by atoms with E-state index >= 15 is 0 Å². The Morgan fingerprint density at radius 3 is 2.40 bits per heavy atom. The summed E-state index contributed by atoms with van der Waals surface area (Å²) >= 11 is 3.49. The average molecular weight is 528 g/mol. The standard InChI is InChI=1S/C27H22BrN5O2/c28-17-7-8-22-23(11-17)29-12-24(30-22)21-14-33(31-25(21)16-5-6-16)18-9-15(10-18)13-32-26(34)19-3-1-2-4-20(19)27(32)35/h1-4,7-8,11-12,14-16,18H,5-6,9-10,13H2. The van der Waals surface area contributed by atoms with Gasteiger partial charge in [-0.25, -0.2) is 4.98 Å². The van der Waals surface area contributed by atoms with Gasteiger partial charge in [0.05, 0.1) is 45.8 Å². The summed E-state index contributed by atoms with van der Waals surface area (Å²) in [6.45, 7) is 0.470. The van der Waals surface area contributed by atoms with Gasteiger partial charge in [0, 0.05) is 28.7 Å². The van der Waals surface area contributed by atoms with Gasteiger partial charge in [-0.15, -0.1) is 0 Å². The number of carbonyl (C=O) groups is 2. The van der Waals surface area contributed by atoms with E-state index in [1.54, 1.807) is 24.3 Å². The number of imide groups is 1. The smallest absolute Gasteiger partial charge is 0.261 e. The molecule has 0 radical (unpaired) electrons. The van der Waals surface area contributed by atoms with Crippen molar-refractivity contribution in [3.8, 4) is 11.3 Å². The Bertz CT molecular complexity index is 1480. The molecular formula is C27H22BrN5O2. The van der Waals surface area contributed by atoms with E-state index in [1.165, 1.54) is 4.90 Å². The van der Waals surface area contributed by atoms with Crippen LogP contribution < -0.4 is 0 Å². The van der Waals surface area contributed by atoms with Gasteiger partial charge in [-0.1, -0.05) is 28.1 Å². The number of carbonyl (C=O) groups excluding carboxylic acids is 2. The Labute approximate surface area is 210 Å². The Kier molecular flexibility index (Phi) is 4.67. The minimum absolute atomic E-state index is 0.173. The highest BCUT2D eigenvalue weighted by Crippen LogP contribution is 2.46. The molecule has 4 aromatic rings. The lowest BCUT2D eigenvalue weighted by molar-refractivity contribution is 0.0561. The van der Waals surface area contributed by atoms with Crippen molar-refractivity contribution >= 4 is 38.8 Å². The van der Waals surface area contributed by atoms with E-state index in [-0.39, 0.29) is 23.8 Å². The summed E-state index contributed by atoms with van der Waals surface area (Å²) in [6.07, 6.45) is 8.07. The van der Waals surface area contributed by atoms with Gasteiger partial charge in [-0.05, 0) is 61.9 Å². The first-order valence-corrected chi connectivity index (χ1v) is 12.8. The quantitative estimate of drug-likeness (QED) is 0.325. The molecule has 0 N–H and O–H groups in total. The topological polar surface area (TPSA) is 81.0 Å². The van der Waals surface area contributed by atoms with Gasteiger partial charge in [-0.3, -0.25) is 24.2 Å². The minimum atomic E-state index is -0.173. The molecule has 2 saturated carbocycles. The summed E-state index contributed by atoms with van der Waals surface area (Å²) in [5.74, 6) is 0.433. The van der Waals surface area contributed by atoms with E-state index in [4.69, 9.17) is 10.1 Å². The van der Waals surface area contributed by atoms with Crippen LogP contribution >= 0.6 is 15.9 Å². The number of aromatic nitrogens is 4. The van der Waals surface area contributed by atoms with Gasteiger partial charge in [0.15, 0.2) is 0 Å². The van der Waals surface area contributed by atoms with Crippen LogP contribution in [0.2, 0.25) is 0 Å². The number of fused-ring (bicyclic) bond motifs is 2. The lowest BCUT2D eigenvalue weighted by atomic mass is 9.80. The van der Waals surface area contributed by atoms with Crippen LogP contribution in [-0.4, -0.2) is 43.0 Å². The highest BCUT2D eigenvalue weighted by molar-refractivity contribution is 9.10. The minimum Gasteiger partial charge on any atom is -0.274 e. The lowest BCUT2D eigenvalue weighted by Crippen LogP contribution is -2.40.